The first-order valence-electron chi connectivity index (χ1n) is 4.55. The van der Waals surface area contributed by atoms with Gasteiger partial charge in [-0.25, -0.2) is 0 Å². The number of carbonyl (C=O) groups excluding carboxylic acids is 1. The molecule has 0 fully saturated rings. The number of hydrogen-bond acceptors (Lipinski definition) is 3. The van der Waals surface area contributed by atoms with Crippen molar-refractivity contribution in [3.05, 3.63) is 11.8 Å². The van der Waals surface area contributed by atoms with Gasteiger partial charge in [0.25, 0.3) is 0 Å². The number of allylic oxidation sites excluding steroid dienone is 1. The first-order chi connectivity index (χ1) is 5.99. The van der Waals surface area contributed by atoms with Crippen molar-refractivity contribution >= 4 is 5.78 Å². The van der Waals surface area contributed by atoms with E-state index in [9.17, 15) is 9.90 Å². The molecule has 1 unspecified atom stereocenters. The summed E-state index contributed by atoms with van der Waals surface area (Å²) in [7, 11) is 0. The molecular formula is C10H18CoO3. The van der Waals surface area contributed by atoms with Crippen LogP contribution in [-0.4, -0.2) is 23.6 Å². The van der Waals surface area contributed by atoms with E-state index in [0.29, 0.717) is 6.61 Å². The van der Waals surface area contributed by atoms with Gasteiger partial charge >= 0.3 is 0 Å². The fraction of sp³-hybridized carbons (Fsp3) is 0.700. The van der Waals surface area contributed by atoms with Crippen molar-refractivity contribution in [3.8, 4) is 0 Å². The maximum atomic E-state index is 11.2. The van der Waals surface area contributed by atoms with Crippen LogP contribution in [0.25, 0.3) is 0 Å². The molecule has 0 amide bonds. The minimum Gasteiger partial charge on any atom is -0.509 e. The van der Waals surface area contributed by atoms with E-state index in [1.807, 2.05) is 6.92 Å². The third kappa shape index (κ3) is 6.18. The van der Waals surface area contributed by atoms with Crippen molar-refractivity contribution in [2.24, 2.45) is 5.92 Å². The molecule has 1 atom stereocenters. The zero-order valence-corrected chi connectivity index (χ0v) is 10.1. The Balaban J connectivity index is 0. The minimum atomic E-state index is -0.396. The predicted molar refractivity (Wildman–Crippen MR) is 51.6 cm³/mol. The molecule has 0 aromatic carbocycles. The van der Waals surface area contributed by atoms with E-state index >= 15 is 0 Å². The molecule has 0 rings (SSSR count). The maximum absolute atomic E-state index is 11.2. The largest absolute Gasteiger partial charge is 0.509 e. The molecule has 0 saturated heterocycles. The van der Waals surface area contributed by atoms with Gasteiger partial charge in [0.15, 0.2) is 5.78 Å². The molecular weight excluding hydrogens is 227 g/mol. The molecule has 3 nitrogen and oxygen atoms in total. The zero-order chi connectivity index (χ0) is 10.4. The van der Waals surface area contributed by atoms with Crippen LogP contribution in [-0.2, 0) is 26.3 Å². The summed E-state index contributed by atoms with van der Waals surface area (Å²) in [4.78, 5) is 11.2. The standard InChI is InChI=1S/C10H18O3.Co/c1-5-13-8(4)10(12)6-9(11)7(2)3;/h6-8,12H,5H2,1-4H3;/b10-6-;. The Hall–Kier alpha value is -0.324. The van der Waals surface area contributed by atoms with Crippen LogP contribution in [0.2, 0.25) is 0 Å². The Morgan fingerprint density at radius 3 is 2.29 bits per heavy atom. The summed E-state index contributed by atoms with van der Waals surface area (Å²) in [6, 6.07) is 0. The van der Waals surface area contributed by atoms with E-state index in [2.05, 4.69) is 0 Å². The molecule has 0 aromatic rings. The second-order valence-corrected chi connectivity index (χ2v) is 3.22. The molecule has 0 aliphatic rings. The second kappa shape index (κ2) is 8.02. The Labute approximate surface area is 95.7 Å². The Kier molecular flexibility index (Phi) is 9.24. The average Bonchev–Trinajstić information content (AvgIpc) is 2.04. The molecule has 4 heteroatoms. The third-order valence-corrected chi connectivity index (χ3v) is 1.69. The van der Waals surface area contributed by atoms with Crippen LogP contribution in [0.15, 0.2) is 11.8 Å². The second-order valence-electron chi connectivity index (χ2n) is 3.22. The quantitative estimate of drug-likeness (QED) is 0.595. The van der Waals surface area contributed by atoms with Gasteiger partial charge in [0.05, 0.1) is 0 Å². The van der Waals surface area contributed by atoms with Crippen LogP contribution in [0.4, 0.5) is 0 Å². The molecule has 1 radical (unpaired) electrons. The summed E-state index contributed by atoms with van der Waals surface area (Å²) in [5, 5.41) is 9.38. The number of hydrogen-bond donors (Lipinski definition) is 1. The van der Waals surface area contributed by atoms with Gasteiger partial charge in [0, 0.05) is 35.4 Å². The van der Waals surface area contributed by atoms with Crippen molar-refractivity contribution < 1.29 is 31.4 Å². The van der Waals surface area contributed by atoms with Gasteiger partial charge in [-0.3, -0.25) is 4.79 Å². The first kappa shape index (κ1) is 16.1. The summed E-state index contributed by atoms with van der Waals surface area (Å²) in [5.41, 5.74) is 0. The predicted octanol–water partition coefficient (Wildman–Crippen LogP) is 2.08. The summed E-state index contributed by atoms with van der Waals surface area (Å²) < 4.78 is 5.11. The third-order valence-electron chi connectivity index (χ3n) is 1.69. The summed E-state index contributed by atoms with van der Waals surface area (Å²) >= 11 is 0. The van der Waals surface area contributed by atoms with Gasteiger partial charge in [0.2, 0.25) is 0 Å². The van der Waals surface area contributed by atoms with Gasteiger partial charge in [-0.15, -0.1) is 0 Å². The van der Waals surface area contributed by atoms with E-state index in [1.54, 1.807) is 20.8 Å². The number of ketones is 1. The molecule has 0 bridgehead atoms. The molecule has 0 aliphatic carbocycles. The van der Waals surface area contributed by atoms with Crippen molar-refractivity contribution in [1.82, 2.24) is 0 Å². The van der Waals surface area contributed by atoms with E-state index in [0.717, 1.165) is 0 Å². The van der Waals surface area contributed by atoms with Crippen LogP contribution in [0.3, 0.4) is 0 Å². The number of rotatable bonds is 5. The van der Waals surface area contributed by atoms with Crippen LogP contribution < -0.4 is 0 Å². The maximum Gasteiger partial charge on any atom is 0.161 e. The van der Waals surface area contributed by atoms with Gasteiger partial charge in [-0.1, -0.05) is 13.8 Å². The number of ether oxygens (including phenoxy) is 1. The zero-order valence-electron chi connectivity index (χ0n) is 9.04. The Bertz CT molecular complexity index is 200. The Morgan fingerprint density at radius 2 is 1.93 bits per heavy atom. The average molecular weight is 245 g/mol. The van der Waals surface area contributed by atoms with E-state index in [4.69, 9.17) is 4.74 Å². The van der Waals surface area contributed by atoms with Crippen LogP contribution >= 0.6 is 0 Å². The van der Waals surface area contributed by atoms with E-state index in [1.165, 1.54) is 6.08 Å². The molecule has 0 spiro atoms. The van der Waals surface area contributed by atoms with Crippen molar-refractivity contribution in [3.63, 3.8) is 0 Å². The number of carbonyl (C=O) groups is 1. The monoisotopic (exact) mass is 245 g/mol. The fourth-order valence-corrected chi connectivity index (χ4v) is 0.765. The van der Waals surface area contributed by atoms with Gasteiger partial charge in [-0.05, 0) is 13.8 Å². The smallest absolute Gasteiger partial charge is 0.161 e. The molecule has 0 aliphatic heterocycles. The molecule has 14 heavy (non-hydrogen) atoms. The first-order valence-corrected chi connectivity index (χ1v) is 4.55. The van der Waals surface area contributed by atoms with Crippen molar-refractivity contribution in [2.75, 3.05) is 6.61 Å². The topological polar surface area (TPSA) is 46.5 Å². The van der Waals surface area contributed by atoms with Gasteiger partial charge < -0.3 is 9.84 Å². The fourth-order valence-electron chi connectivity index (χ4n) is 0.765. The van der Waals surface area contributed by atoms with E-state index < -0.39 is 6.10 Å². The Morgan fingerprint density at radius 1 is 1.43 bits per heavy atom. The summed E-state index contributed by atoms with van der Waals surface area (Å²) in [5.74, 6) is -0.166. The van der Waals surface area contributed by atoms with Gasteiger partial charge in [0.1, 0.15) is 11.9 Å². The van der Waals surface area contributed by atoms with Gasteiger partial charge in [-0.2, -0.15) is 0 Å². The summed E-state index contributed by atoms with van der Waals surface area (Å²) in [6.07, 6.45) is 0.845. The van der Waals surface area contributed by atoms with Crippen molar-refractivity contribution in [2.45, 2.75) is 33.8 Å². The van der Waals surface area contributed by atoms with Crippen LogP contribution in [0.5, 0.6) is 0 Å². The minimum absolute atomic E-state index is 0. The molecule has 0 aromatic heterocycles. The molecule has 1 N–H and O–H groups in total. The molecule has 0 saturated carbocycles. The number of aliphatic hydroxyl groups is 1. The SMILES string of the molecule is CCOC(C)/C(O)=C/C(=O)C(C)C.[Co]. The van der Waals surface area contributed by atoms with Crippen LogP contribution in [0, 0.1) is 5.92 Å². The van der Waals surface area contributed by atoms with Crippen LogP contribution in [0.1, 0.15) is 27.7 Å². The molecule has 85 valence electrons. The van der Waals surface area contributed by atoms with Crippen molar-refractivity contribution in [1.29, 1.82) is 0 Å². The number of aliphatic hydroxyl groups excluding tert-OH is 1. The summed E-state index contributed by atoms with van der Waals surface area (Å²) in [6.45, 7) is 7.65. The normalized spacial score (nSPS) is 13.6. The molecule has 0 heterocycles. The van der Waals surface area contributed by atoms with E-state index in [-0.39, 0.29) is 34.2 Å².